The number of rotatable bonds is 16. The second-order valence-electron chi connectivity index (χ2n) is 12.8. The highest BCUT2D eigenvalue weighted by atomic mass is 16.5. The Kier molecular flexibility index (Phi) is 11.7. The van der Waals surface area contributed by atoms with Gasteiger partial charge in [0.1, 0.15) is 5.75 Å². The fourth-order valence-corrected chi connectivity index (χ4v) is 6.58. The van der Waals surface area contributed by atoms with Gasteiger partial charge in [0.2, 0.25) is 5.91 Å². The third kappa shape index (κ3) is 8.68. The number of hydrogen-bond acceptors (Lipinski definition) is 5. The lowest BCUT2D eigenvalue weighted by atomic mass is 9.76. The van der Waals surface area contributed by atoms with Gasteiger partial charge in [-0.1, -0.05) is 52.7 Å². The van der Waals surface area contributed by atoms with Gasteiger partial charge in [-0.25, -0.2) is 0 Å². The standard InChI is InChI=1S/C32H53N3O4/c1-7-9-17-34(18-11-10-16-33(5)6)29(36)23-35-22-26(24-12-13-28-25(20-24)14-19-39-28)30(31(37)38)27(35)21-32(3,4)15-8-2/h12-13,20,26-27,30H,7-11,14-19,21-23H2,1-6H3,(H,37,38)/t26-,27+,30-/m1/s1. The van der Waals surface area contributed by atoms with E-state index in [1.165, 1.54) is 0 Å². The average molecular weight is 544 g/mol. The Labute approximate surface area is 236 Å². The molecule has 0 aliphatic carbocycles. The molecule has 2 aliphatic rings. The number of fused-ring (bicyclic) bond motifs is 1. The normalized spacial score (nSPS) is 21.3. The zero-order chi connectivity index (χ0) is 28.6. The van der Waals surface area contributed by atoms with Gasteiger partial charge in [-0.3, -0.25) is 14.5 Å². The number of ether oxygens (including phenoxy) is 1. The minimum absolute atomic E-state index is 0.00313. The highest BCUT2D eigenvalue weighted by molar-refractivity contribution is 5.79. The maximum absolute atomic E-state index is 13.8. The van der Waals surface area contributed by atoms with Crippen molar-refractivity contribution in [3.8, 4) is 5.75 Å². The molecule has 0 bridgehead atoms. The Morgan fingerprint density at radius 3 is 2.46 bits per heavy atom. The van der Waals surface area contributed by atoms with Crippen LogP contribution in [0.3, 0.4) is 0 Å². The summed E-state index contributed by atoms with van der Waals surface area (Å²) in [5.41, 5.74) is 2.23. The number of nitrogens with zero attached hydrogens (tertiary/aromatic N) is 3. The van der Waals surface area contributed by atoms with Gasteiger partial charge in [-0.05, 0) is 75.4 Å². The zero-order valence-corrected chi connectivity index (χ0v) is 25.4. The van der Waals surface area contributed by atoms with Crippen LogP contribution < -0.4 is 4.74 Å². The Bertz CT molecular complexity index is 947. The fraction of sp³-hybridized carbons (Fsp3) is 0.750. The van der Waals surface area contributed by atoms with Gasteiger partial charge in [0.25, 0.3) is 0 Å². The summed E-state index contributed by atoms with van der Waals surface area (Å²) in [5.74, 6) is -0.391. The van der Waals surface area contributed by atoms with Crippen LogP contribution in [0, 0.1) is 11.3 Å². The van der Waals surface area contributed by atoms with Crippen LogP contribution in [-0.2, 0) is 16.0 Å². The minimum atomic E-state index is -0.754. The largest absolute Gasteiger partial charge is 0.493 e. The molecule has 2 aliphatic heterocycles. The fourth-order valence-electron chi connectivity index (χ4n) is 6.58. The molecule has 0 unspecified atom stereocenters. The SMILES string of the molecule is CCCCN(CCCCN(C)C)C(=O)CN1C[C@H](c2ccc3c(c2)CCO3)[C@@H](C(=O)O)[C@@H]1CC(C)(C)CCC. The molecule has 7 heteroatoms. The Balaban J connectivity index is 1.85. The van der Waals surface area contributed by atoms with Crippen molar-refractivity contribution in [3.63, 3.8) is 0 Å². The molecule has 1 N–H and O–H groups in total. The molecule has 7 nitrogen and oxygen atoms in total. The Hall–Kier alpha value is -2.12. The topological polar surface area (TPSA) is 73.3 Å². The first-order valence-corrected chi connectivity index (χ1v) is 15.2. The summed E-state index contributed by atoms with van der Waals surface area (Å²) in [6.07, 6.45) is 7.81. The molecular weight excluding hydrogens is 490 g/mol. The van der Waals surface area contributed by atoms with E-state index in [2.05, 4.69) is 57.7 Å². The zero-order valence-electron chi connectivity index (χ0n) is 25.4. The minimum Gasteiger partial charge on any atom is -0.493 e. The predicted molar refractivity (Wildman–Crippen MR) is 157 cm³/mol. The van der Waals surface area contributed by atoms with Crippen LogP contribution in [-0.4, -0.2) is 91.2 Å². The van der Waals surface area contributed by atoms with Gasteiger partial charge in [-0.2, -0.15) is 0 Å². The lowest BCUT2D eigenvalue weighted by Gasteiger charge is -2.35. The first-order valence-electron chi connectivity index (χ1n) is 15.2. The van der Waals surface area contributed by atoms with Crippen LogP contribution in [0.15, 0.2) is 18.2 Å². The molecule has 39 heavy (non-hydrogen) atoms. The summed E-state index contributed by atoms with van der Waals surface area (Å²) in [4.78, 5) is 33.0. The molecule has 0 saturated carbocycles. The van der Waals surface area contributed by atoms with Gasteiger partial charge >= 0.3 is 5.97 Å². The van der Waals surface area contributed by atoms with E-state index in [0.29, 0.717) is 19.7 Å². The molecule has 0 radical (unpaired) electrons. The molecule has 1 aromatic rings. The lowest BCUT2D eigenvalue weighted by molar-refractivity contribution is -0.144. The summed E-state index contributed by atoms with van der Waals surface area (Å²) in [6.45, 7) is 13.0. The Morgan fingerprint density at radius 2 is 1.79 bits per heavy atom. The van der Waals surface area contributed by atoms with Crippen LogP contribution in [0.1, 0.15) is 89.7 Å². The van der Waals surface area contributed by atoms with E-state index >= 15 is 0 Å². The first kappa shape index (κ1) is 31.4. The van der Waals surface area contributed by atoms with E-state index in [1.807, 2.05) is 17.0 Å². The van der Waals surface area contributed by atoms with Gasteiger partial charge in [-0.15, -0.1) is 0 Å². The summed E-state index contributed by atoms with van der Waals surface area (Å²) >= 11 is 0. The van der Waals surface area contributed by atoms with Crippen LogP contribution in [0.2, 0.25) is 0 Å². The number of benzene rings is 1. The molecule has 3 atom stereocenters. The van der Waals surface area contributed by atoms with Crippen LogP contribution >= 0.6 is 0 Å². The molecule has 1 fully saturated rings. The summed E-state index contributed by atoms with van der Waals surface area (Å²) in [7, 11) is 4.16. The summed E-state index contributed by atoms with van der Waals surface area (Å²) in [5, 5.41) is 10.6. The molecule has 2 heterocycles. The van der Waals surface area contributed by atoms with E-state index in [9.17, 15) is 14.7 Å². The number of carboxylic acids is 1. The second-order valence-corrected chi connectivity index (χ2v) is 12.8. The number of carboxylic acid groups (broad SMARTS) is 1. The maximum atomic E-state index is 13.8. The van der Waals surface area contributed by atoms with Gasteiger partial charge in [0.15, 0.2) is 0 Å². The summed E-state index contributed by atoms with van der Waals surface area (Å²) < 4.78 is 5.71. The summed E-state index contributed by atoms with van der Waals surface area (Å²) in [6, 6.07) is 6.02. The van der Waals surface area contributed by atoms with Crippen LogP contribution in [0.4, 0.5) is 0 Å². The predicted octanol–water partition coefficient (Wildman–Crippen LogP) is 5.28. The molecule has 0 spiro atoms. The quantitative estimate of drug-likeness (QED) is 0.286. The average Bonchev–Trinajstić information content (AvgIpc) is 3.47. The van der Waals surface area contributed by atoms with Crippen LogP contribution in [0.25, 0.3) is 0 Å². The Morgan fingerprint density at radius 1 is 1.08 bits per heavy atom. The third-order valence-corrected chi connectivity index (χ3v) is 8.62. The number of carbonyl (C=O) groups excluding carboxylic acids is 1. The van der Waals surface area contributed by atoms with Crippen LogP contribution in [0.5, 0.6) is 5.75 Å². The van der Waals surface area contributed by atoms with Gasteiger partial charge in [0, 0.05) is 38.0 Å². The van der Waals surface area contributed by atoms with E-state index < -0.39 is 11.9 Å². The van der Waals surface area contributed by atoms with E-state index in [4.69, 9.17) is 4.74 Å². The van der Waals surface area contributed by atoms with Crippen molar-refractivity contribution < 1.29 is 19.4 Å². The first-order chi connectivity index (χ1) is 18.6. The smallest absolute Gasteiger partial charge is 0.308 e. The maximum Gasteiger partial charge on any atom is 0.308 e. The molecule has 0 aromatic heterocycles. The van der Waals surface area contributed by atoms with Crippen molar-refractivity contribution in [3.05, 3.63) is 29.3 Å². The number of unbranched alkanes of at least 4 members (excludes halogenated alkanes) is 2. The van der Waals surface area contributed by atoms with Crippen molar-refractivity contribution in [2.24, 2.45) is 11.3 Å². The van der Waals surface area contributed by atoms with Crippen molar-refractivity contribution >= 4 is 11.9 Å². The number of carbonyl (C=O) groups is 2. The lowest BCUT2D eigenvalue weighted by Crippen LogP contribution is -2.46. The number of likely N-dealkylation sites (tertiary alicyclic amines) is 1. The third-order valence-electron chi connectivity index (χ3n) is 8.62. The van der Waals surface area contributed by atoms with Crippen molar-refractivity contribution in [1.29, 1.82) is 0 Å². The van der Waals surface area contributed by atoms with Crippen molar-refractivity contribution in [1.82, 2.24) is 14.7 Å². The van der Waals surface area contributed by atoms with Gasteiger partial charge in [0.05, 0.1) is 19.1 Å². The highest BCUT2D eigenvalue weighted by Crippen LogP contribution is 2.44. The van der Waals surface area contributed by atoms with Crippen molar-refractivity contribution in [2.75, 3.05) is 53.4 Å². The van der Waals surface area contributed by atoms with E-state index in [-0.39, 0.29) is 23.3 Å². The van der Waals surface area contributed by atoms with E-state index in [1.54, 1.807) is 0 Å². The molecule has 3 rings (SSSR count). The second kappa shape index (κ2) is 14.5. The monoisotopic (exact) mass is 543 g/mol. The van der Waals surface area contributed by atoms with E-state index in [0.717, 1.165) is 87.9 Å². The number of hydrogen-bond donors (Lipinski definition) is 1. The molecule has 1 amide bonds. The highest BCUT2D eigenvalue weighted by Gasteiger charge is 2.48. The van der Waals surface area contributed by atoms with Gasteiger partial charge < -0.3 is 19.6 Å². The van der Waals surface area contributed by atoms with Crippen molar-refractivity contribution in [2.45, 2.75) is 91.0 Å². The number of amides is 1. The molecule has 220 valence electrons. The molecular formula is C32H53N3O4. The number of aliphatic carboxylic acids is 1. The molecule has 1 saturated heterocycles. The molecule has 1 aromatic carbocycles.